The molecule has 1 aromatic heterocycles. The van der Waals surface area contributed by atoms with Gasteiger partial charge in [-0.25, -0.2) is 0 Å². The molecule has 2 heterocycles. The maximum Gasteiger partial charge on any atom is 0.226 e. The second kappa shape index (κ2) is 9.02. The molecular weight excluding hydrogens is 342 g/mol. The fourth-order valence-electron chi connectivity index (χ4n) is 3.53. The van der Waals surface area contributed by atoms with Gasteiger partial charge in [0.15, 0.2) is 5.82 Å². The molecule has 6 nitrogen and oxygen atoms in total. The molecule has 0 N–H and O–H groups in total. The summed E-state index contributed by atoms with van der Waals surface area (Å²) >= 11 is 0. The lowest BCUT2D eigenvalue weighted by atomic mass is 9.93. The van der Waals surface area contributed by atoms with Gasteiger partial charge in [0, 0.05) is 31.8 Å². The Balaban J connectivity index is 1.44. The van der Waals surface area contributed by atoms with E-state index >= 15 is 0 Å². The molecule has 0 saturated carbocycles. The van der Waals surface area contributed by atoms with Crippen LogP contribution in [0.1, 0.15) is 56.3 Å². The van der Waals surface area contributed by atoms with Crippen LogP contribution in [-0.4, -0.2) is 41.1 Å². The van der Waals surface area contributed by atoms with E-state index in [9.17, 15) is 4.79 Å². The first-order valence-electron chi connectivity index (χ1n) is 9.79. The molecule has 1 aliphatic heterocycles. The van der Waals surface area contributed by atoms with Crippen LogP contribution in [0, 0.1) is 5.92 Å². The van der Waals surface area contributed by atoms with Crippen molar-refractivity contribution < 1.29 is 14.1 Å². The number of aryl methyl sites for hydroxylation is 1. The van der Waals surface area contributed by atoms with E-state index in [0.29, 0.717) is 18.8 Å². The molecule has 1 amide bonds. The van der Waals surface area contributed by atoms with Crippen LogP contribution in [0.3, 0.4) is 0 Å². The fourth-order valence-corrected chi connectivity index (χ4v) is 3.53. The first kappa shape index (κ1) is 19.4. The van der Waals surface area contributed by atoms with Crippen molar-refractivity contribution in [2.75, 3.05) is 20.2 Å². The summed E-state index contributed by atoms with van der Waals surface area (Å²) in [7, 11) is 1.67. The average Bonchev–Trinajstić information content (AvgIpc) is 3.16. The Morgan fingerprint density at radius 1 is 1.30 bits per heavy atom. The largest absolute Gasteiger partial charge is 0.496 e. The highest BCUT2D eigenvalue weighted by Gasteiger charge is 2.24. The molecular formula is C21H29N3O3. The van der Waals surface area contributed by atoms with Crippen LogP contribution in [0.25, 0.3) is 0 Å². The van der Waals surface area contributed by atoms with Crippen molar-refractivity contribution in [2.24, 2.45) is 5.92 Å². The van der Waals surface area contributed by atoms with E-state index in [1.165, 1.54) is 0 Å². The third kappa shape index (κ3) is 5.08. The van der Waals surface area contributed by atoms with Crippen molar-refractivity contribution in [3.05, 3.63) is 41.5 Å². The van der Waals surface area contributed by atoms with Gasteiger partial charge in [0.2, 0.25) is 11.8 Å². The molecule has 0 spiro atoms. The number of amides is 1. The summed E-state index contributed by atoms with van der Waals surface area (Å²) in [5.41, 5.74) is 1.08. The molecule has 146 valence electrons. The van der Waals surface area contributed by atoms with E-state index in [4.69, 9.17) is 9.26 Å². The van der Waals surface area contributed by atoms with E-state index < -0.39 is 0 Å². The van der Waals surface area contributed by atoms with Gasteiger partial charge in [0.25, 0.3) is 0 Å². The Bertz CT molecular complexity index is 749. The third-order valence-corrected chi connectivity index (χ3v) is 5.23. The molecule has 27 heavy (non-hydrogen) atoms. The summed E-state index contributed by atoms with van der Waals surface area (Å²) < 4.78 is 10.7. The lowest BCUT2D eigenvalue weighted by Gasteiger charge is -2.31. The fraction of sp³-hybridized carbons (Fsp3) is 0.571. The van der Waals surface area contributed by atoms with Gasteiger partial charge in [-0.3, -0.25) is 4.79 Å². The van der Waals surface area contributed by atoms with Gasteiger partial charge < -0.3 is 14.2 Å². The number of ether oxygens (including phenoxy) is 1. The highest BCUT2D eigenvalue weighted by molar-refractivity contribution is 5.76. The molecule has 3 rings (SSSR count). The van der Waals surface area contributed by atoms with Crippen LogP contribution in [0.4, 0.5) is 0 Å². The van der Waals surface area contributed by atoms with Crippen molar-refractivity contribution in [1.29, 1.82) is 0 Å². The molecule has 1 saturated heterocycles. The predicted molar refractivity (Wildman–Crippen MR) is 103 cm³/mol. The SMILES string of the molecule is COc1ccccc1CCC(=O)N1CCC(Cc2nc(C(C)C)no2)CC1. The number of carbonyl (C=O) groups is 1. The van der Waals surface area contributed by atoms with Crippen molar-refractivity contribution in [2.45, 2.75) is 51.9 Å². The Morgan fingerprint density at radius 2 is 2.04 bits per heavy atom. The molecule has 0 radical (unpaired) electrons. The van der Waals surface area contributed by atoms with Gasteiger partial charge >= 0.3 is 0 Å². The molecule has 2 aromatic rings. The number of benzene rings is 1. The van der Waals surface area contributed by atoms with Crippen LogP contribution < -0.4 is 4.74 Å². The number of hydrogen-bond acceptors (Lipinski definition) is 5. The number of hydrogen-bond donors (Lipinski definition) is 0. The van der Waals surface area contributed by atoms with Crippen LogP contribution in [0.15, 0.2) is 28.8 Å². The minimum absolute atomic E-state index is 0.222. The van der Waals surface area contributed by atoms with Crippen molar-refractivity contribution in [3.63, 3.8) is 0 Å². The standard InChI is InChI=1S/C21H29N3O3/c1-15(2)21-22-19(27-23-21)14-16-10-12-24(13-11-16)20(25)9-8-17-6-4-5-7-18(17)26-3/h4-7,15-16H,8-14H2,1-3H3. The summed E-state index contributed by atoms with van der Waals surface area (Å²) in [5, 5.41) is 4.03. The van der Waals surface area contributed by atoms with Crippen LogP contribution in [-0.2, 0) is 17.6 Å². The second-order valence-corrected chi connectivity index (χ2v) is 7.54. The summed E-state index contributed by atoms with van der Waals surface area (Å²) in [4.78, 5) is 19.0. The van der Waals surface area contributed by atoms with Crippen LogP contribution in [0.5, 0.6) is 5.75 Å². The lowest BCUT2D eigenvalue weighted by Crippen LogP contribution is -2.39. The highest BCUT2D eigenvalue weighted by Crippen LogP contribution is 2.24. The molecule has 1 aliphatic rings. The second-order valence-electron chi connectivity index (χ2n) is 7.54. The number of carbonyl (C=O) groups excluding carboxylic acids is 1. The summed E-state index contributed by atoms with van der Waals surface area (Å²) in [6.45, 7) is 5.73. The number of para-hydroxylation sites is 1. The van der Waals surface area contributed by atoms with E-state index in [1.54, 1.807) is 7.11 Å². The van der Waals surface area contributed by atoms with Crippen molar-refractivity contribution in [3.8, 4) is 5.75 Å². The summed E-state index contributed by atoms with van der Waals surface area (Å²) in [5.74, 6) is 3.35. The van der Waals surface area contributed by atoms with Gasteiger partial charge in [-0.05, 0) is 36.8 Å². The number of piperidine rings is 1. The predicted octanol–water partition coefficient (Wildman–Crippen LogP) is 3.62. The molecule has 0 atom stereocenters. The molecule has 0 unspecified atom stereocenters. The first-order chi connectivity index (χ1) is 13.1. The zero-order valence-electron chi connectivity index (χ0n) is 16.5. The van der Waals surface area contributed by atoms with Gasteiger partial charge in [-0.15, -0.1) is 0 Å². The zero-order chi connectivity index (χ0) is 19.2. The van der Waals surface area contributed by atoms with E-state index in [1.807, 2.05) is 29.2 Å². The maximum atomic E-state index is 12.6. The summed E-state index contributed by atoms with van der Waals surface area (Å²) in [6.07, 6.45) is 4.01. The van der Waals surface area contributed by atoms with Gasteiger partial charge in [0.1, 0.15) is 5.75 Å². The maximum absolute atomic E-state index is 12.6. The third-order valence-electron chi connectivity index (χ3n) is 5.23. The van der Waals surface area contributed by atoms with Gasteiger partial charge in [0.05, 0.1) is 7.11 Å². The highest BCUT2D eigenvalue weighted by atomic mass is 16.5. The van der Waals surface area contributed by atoms with E-state index in [-0.39, 0.29) is 11.8 Å². The zero-order valence-corrected chi connectivity index (χ0v) is 16.5. The number of methoxy groups -OCH3 is 1. The van der Waals surface area contributed by atoms with Crippen LogP contribution >= 0.6 is 0 Å². The number of aromatic nitrogens is 2. The monoisotopic (exact) mass is 371 g/mol. The van der Waals surface area contributed by atoms with Crippen molar-refractivity contribution >= 4 is 5.91 Å². The Hall–Kier alpha value is -2.37. The molecule has 1 fully saturated rings. The normalized spacial score (nSPS) is 15.3. The van der Waals surface area contributed by atoms with Gasteiger partial charge in [-0.2, -0.15) is 4.98 Å². The Morgan fingerprint density at radius 3 is 2.70 bits per heavy atom. The Kier molecular flexibility index (Phi) is 6.48. The minimum atomic E-state index is 0.222. The smallest absolute Gasteiger partial charge is 0.226 e. The Labute approximate surface area is 160 Å². The molecule has 0 bridgehead atoms. The molecule has 0 aliphatic carbocycles. The molecule has 1 aromatic carbocycles. The number of likely N-dealkylation sites (tertiary alicyclic amines) is 1. The minimum Gasteiger partial charge on any atom is -0.496 e. The first-order valence-corrected chi connectivity index (χ1v) is 9.79. The van der Waals surface area contributed by atoms with Gasteiger partial charge in [-0.1, -0.05) is 37.2 Å². The number of nitrogens with zero attached hydrogens (tertiary/aromatic N) is 3. The summed E-state index contributed by atoms with van der Waals surface area (Å²) in [6, 6.07) is 7.89. The van der Waals surface area contributed by atoms with Crippen molar-refractivity contribution in [1.82, 2.24) is 15.0 Å². The lowest BCUT2D eigenvalue weighted by molar-refractivity contribution is -0.132. The number of rotatable bonds is 7. The van der Waals surface area contributed by atoms with E-state index in [0.717, 1.165) is 55.4 Å². The molecule has 6 heteroatoms. The van der Waals surface area contributed by atoms with E-state index in [2.05, 4.69) is 24.0 Å². The quantitative estimate of drug-likeness (QED) is 0.744. The van der Waals surface area contributed by atoms with Crippen LogP contribution in [0.2, 0.25) is 0 Å². The average molecular weight is 371 g/mol. The topological polar surface area (TPSA) is 68.5 Å².